The molecule has 0 unspecified atom stereocenters. The predicted molar refractivity (Wildman–Crippen MR) is 57.9 cm³/mol. The smallest absolute Gasteiger partial charge is 0.122 e. The fourth-order valence-electron chi connectivity index (χ4n) is 1.09. The van der Waals surface area contributed by atoms with Crippen molar-refractivity contribution in [3.8, 4) is 5.75 Å². The van der Waals surface area contributed by atoms with Crippen molar-refractivity contribution in [3.63, 3.8) is 0 Å². The molecular formula is C11H16N2O. The van der Waals surface area contributed by atoms with Gasteiger partial charge in [0.05, 0.1) is 6.61 Å². The van der Waals surface area contributed by atoms with Gasteiger partial charge in [0, 0.05) is 5.56 Å². The Balaban J connectivity index is 2.59. The lowest BCUT2D eigenvalue weighted by molar-refractivity contribution is 0.309. The van der Waals surface area contributed by atoms with E-state index in [0.29, 0.717) is 5.56 Å². The molecule has 0 amide bonds. The molecule has 0 aromatic heterocycles. The topological polar surface area (TPSA) is 59.1 Å². The average Bonchev–Trinajstić information content (AvgIpc) is 2.19. The van der Waals surface area contributed by atoms with Crippen molar-refractivity contribution < 1.29 is 4.74 Å². The maximum Gasteiger partial charge on any atom is 0.122 e. The number of nitrogens with two attached hydrogens (primary N) is 1. The zero-order valence-corrected chi connectivity index (χ0v) is 8.42. The first-order chi connectivity index (χ1) is 6.74. The molecule has 3 nitrogen and oxygen atoms in total. The van der Waals surface area contributed by atoms with Gasteiger partial charge in [0.15, 0.2) is 0 Å². The van der Waals surface area contributed by atoms with Gasteiger partial charge >= 0.3 is 0 Å². The van der Waals surface area contributed by atoms with Crippen LogP contribution in [0.3, 0.4) is 0 Å². The molecule has 0 radical (unpaired) electrons. The lowest BCUT2D eigenvalue weighted by atomic mass is 10.2. The zero-order valence-electron chi connectivity index (χ0n) is 8.42. The van der Waals surface area contributed by atoms with E-state index in [9.17, 15) is 0 Å². The van der Waals surface area contributed by atoms with Crippen molar-refractivity contribution in [1.29, 1.82) is 5.41 Å². The average molecular weight is 192 g/mol. The Bertz CT molecular complexity index is 310. The predicted octanol–water partition coefficient (Wildman–Crippen LogP) is 2.15. The molecule has 0 saturated carbocycles. The highest BCUT2D eigenvalue weighted by Crippen LogP contribution is 2.13. The second-order valence-corrected chi connectivity index (χ2v) is 3.14. The van der Waals surface area contributed by atoms with Crippen LogP contribution in [0.4, 0.5) is 0 Å². The first-order valence-corrected chi connectivity index (χ1v) is 4.81. The van der Waals surface area contributed by atoms with E-state index >= 15 is 0 Å². The summed E-state index contributed by atoms with van der Waals surface area (Å²) in [5.41, 5.74) is 6.07. The molecule has 0 saturated heterocycles. The van der Waals surface area contributed by atoms with Gasteiger partial charge < -0.3 is 10.5 Å². The van der Waals surface area contributed by atoms with Gasteiger partial charge in [-0.1, -0.05) is 25.5 Å². The number of rotatable bonds is 5. The van der Waals surface area contributed by atoms with Crippen molar-refractivity contribution >= 4 is 5.84 Å². The van der Waals surface area contributed by atoms with E-state index in [1.165, 1.54) is 0 Å². The number of unbranched alkanes of at least 4 members (excludes halogenated alkanes) is 1. The molecule has 1 aromatic carbocycles. The number of hydrogen-bond acceptors (Lipinski definition) is 2. The third-order valence-corrected chi connectivity index (χ3v) is 1.91. The maximum absolute atomic E-state index is 7.27. The Morgan fingerprint density at radius 3 is 2.93 bits per heavy atom. The van der Waals surface area contributed by atoms with E-state index in [2.05, 4.69) is 6.92 Å². The minimum Gasteiger partial charge on any atom is -0.494 e. The van der Waals surface area contributed by atoms with E-state index in [1.807, 2.05) is 12.1 Å². The second kappa shape index (κ2) is 5.27. The van der Waals surface area contributed by atoms with E-state index in [4.69, 9.17) is 15.9 Å². The molecule has 0 atom stereocenters. The van der Waals surface area contributed by atoms with Crippen LogP contribution in [-0.2, 0) is 0 Å². The lowest BCUT2D eigenvalue weighted by Gasteiger charge is -2.06. The van der Waals surface area contributed by atoms with Crippen LogP contribution in [0.5, 0.6) is 5.75 Å². The molecule has 3 N–H and O–H groups in total. The summed E-state index contributed by atoms with van der Waals surface area (Å²) in [6, 6.07) is 7.31. The van der Waals surface area contributed by atoms with Crippen LogP contribution in [0, 0.1) is 5.41 Å². The first-order valence-electron chi connectivity index (χ1n) is 4.81. The molecule has 1 aromatic rings. The summed E-state index contributed by atoms with van der Waals surface area (Å²) >= 11 is 0. The first kappa shape index (κ1) is 10.6. The molecule has 0 aliphatic rings. The molecule has 3 heteroatoms. The van der Waals surface area contributed by atoms with Gasteiger partial charge in [-0.2, -0.15) is 0 Å². The van der Waals surface area contributed by atoms with Crippen LogP contribution >= 0.6 is 0 Å². The molecule has 0 aliphatic heterocycles. The molecule has 0 heterocycles. The van der Waals surface area contributed by atoms with Crippen molar-refractivity contribution in [2.75, 3.05) is 6.61 Å². The largest absolute Gasteiger partial charge is 0.494 e. The summed E-state index contributed by atoms with van der Waals surface area (Å²) in [6.45, 7) is 2.84. The highest BCUT2D eigenvalue weighted by molar-refractivity contribution is 5.95. The van der Waals surface area contributed by atoms with Crippen LogP contribution in [0.2, 0.25) is 0 Å². The summed E-state index contributed by atoms with van der Waals surface area (Å²) < 4.78 is 5.48. The van der Waals surface area contributed by atoms with E-state index in [1.54, 1.807) is 12.1 Å². The Morgan fingerprint density at radius 1 is 1.50 bits per heavy atom. The van der Waals surface area contributed by atoms with Crippen LogP contribution in [0.25, 0.3) is 0 Å². The van der Waals surface area contributed by atoms with Gasteiger partial charge in [0.25, 0.3) is 0 Å². The van der Waals surface area contributed by atoms with E-state index in [-0.39, 0.29) is 5.84 Å². The minimum atomic E-state index is 0.0749. The van der Waals surface area contributed by atoms with Crippen LogP contribution in [0.1, 0.15) is 25.3 Å². The minimum absolute atomic E-state index is 0.0749. The van der Waals surface area contributed by atoms with Gasteiger partial charge in [-0.05, 0) is 18.6 Å². The number of hydrogen-bond donors (Lipinski definition) is 2. The van der Waals surface area contributed by atoms with Gasteiger partial charge in [-0.15, -0.1) is 0 Å². The molecular weight excluding hydrogens is 176 g/mol. The van der Waals surface area contributed by atoms with Crippen molar-refractivity contribution in [2.45, 2.75) is 19.8 Å². The Labute approximate surface area is 84.4 Å². The number of benzene rings is 1. The number of nitrogen functional groups attached to an aromatic ring is 1. The van der Waals surface area contributed by atoms with Crippen molar-refractivity contribution in [2.24, 2.45) is 5.73 Å². The molecule has 76 valence electrons. The lowest BCUT2D eigenvalue weighted by Crippen LogP contribution is -2.11. The molecule has 0 spiro atoms. The second-order valence-electron chi connectivity index (χ2n) is 3.14. The normalized spacial score (nSPS) is 9.79. The number of ether oxygens (including phenoxy) is 1. The highest BCUT2D eigenvalue weighted by Gasteiger charge is 1.98. The highest BCUT2D eigenvalue weighted by atomic mass is 16.5. The monoisotopic (exact) mass is 192 g/mol. The van der Waals surface area contributed by atoms with Gasteiger partial charge in [-0.25, -0.2) is 0 Å². The van der Waals surface area contributed by atoms with Crippen molar-refractivity contribution in [1.82, 2.24) is 0 Å². The Morgan fingerprint density at radius 2 is 2.29 bits per heavy atom. The molecule has 14 heavy (non-hydrogen) atoms. The molecule has 0 bridgehead atoms. The quantitative estimate of drug-likeness (QED) is 0.426. The molecule has 0 fully saturated rings. The van der Waals surface area contributed by atoms with Crippen molar-refractivity contribution in [3.05, 3.63) is 29.8 Å². The fraction of sp³-hybridized carbons (Fsp3) is 0.364. The van der Waals surface area contributed by atoms with Gasteiger partial charge in [0.2, 0.25) is 0 Å². The summed E-state index contributed by atoms with van der Waals surface area (Å²) in [6.07, 6.45) is 2.16. The summed E-state index contributed by atoms with van der Waals surface area (Å²) in [4.78, 5) is 0. The summed E-state index contributed by atoms with van der Waals surface area (Å²) in [7, 11) is 0. The van der Waals surface area contributed by atoms with Crippen LogP contribution in [-0.4, -0.2) is 12.4 Å². The summed E-state index contributed by atoms with van der Waals surface area (Å²) in [5, 5.41) is 7.27. The van der Waals surface area contributed by atoms with Gasteiger partial charge in [0.1, 0.15) is 11.6 Å². The fourth-order valence-corrected chi connectivity index (χ4v) is 1.09. The molecule has 0 aliphatic carbocycles. The Kier molecular flexibility index (Phi) is 3.98. The third kappa shape index (κ3) is 3.09. The zero-order chi connectivity index (χ0) is 10.4. The SMILES string of the molecule is CCCCOc1cccc(C(=N)N)c1. The van der Waals surface area contributed by atoms with Gasteiger partial charge in [-0.3, -0.25) is 5.41 Å². The molecule has 1 rings (SSSR count). The number of nitrogens with one attached hydrogen (secondary N) is 1. The third-order valence-electron chi connectivity index (χ3n) is 1.91. The van der Waals surface area contributed by atoms with Crippen LogP contribution < -0.4 is 10.5 Å². The maximum atomic E-state index is 7.27. The summed E-state index contributed by atoms with van der Waals surface area (Å²) in [5.74, 6) is 0.858. The Hall–Kier alpha value is -1.51. The standard InChI is InChI=1S/C11H16N2O/c1-2-3-7-14-10-6-4-5-9(8-10)11(12)13/h4-6,8H,2-3,7H2,1H3,(H3,12,13). The van der Waals surface area contributed by atoms with E-state index < -0.39 is 0 Å². The number of amidine groups is 1. The van der Waals surface area contributed by atoms with E-state index in [0.717, 1.165) is 25.2 Å². The van der Waals surface area contributed by atoms with Crippen LogP contribution in [0.15, 0.2) is 24.3 Å².